The van der Waals surface area contributed by atoms with Crippen molar-refractivity contribution in [2.45, 2.75) is 31.8 Å². The molecule has 3 aliphatic heterocycles. The van der Waals surface area contributed by atoms with E-state index in [0.29, 0.717) is 23.0 Å². The van der Waals surface area contributed by atoms with E-state index in [1.54, 1.807) is 0 Å². The highest BCUT2D eigenvalue weighted by Crippen LogP contribution is 2.32. The highest BCUT2D eigenvalue weighted by molar-refractivity contribution is 6.10. The zero-order valence-electron chi connectivity index (χ0n) is 23.0. The van der Waals surface area contributed by atoms with E-state index in [-0.39, 0.29) is 23.6 Å². The summed E-state index contributed by atoms with van der Waals surface area (Å²) in [6.07, 6.45) is 7.87. The number of para-hydroxylation sites is 1. The van der Waals surface area contributed by atoms with Crippen molar-refractivity contribution in [1.82, 2.24) is 24.9 Å². The third-order valence-corrected chi connectivity index (χ3v) is 8.35. The molecule has 10 nitrogen and oxygen atoms in total. The Hall–Kier alpha value is -4.03. The lowest BCUT2D eigenvalue weighted by molar-refractivity contribution is -0.569. The maximum absolute atomic E-state index is 14.4. The Kier molecular flexibility index (Phi) is 7.12. The first-order valence-corrected chi connectivity index (χ1v) is 13.9. The Morgan fingerprint density at radius 2 is 1.83 bits per heavy atom. The van der Waals surface area contributed by atoms with Gasteiger partial charge in [-0.2, -0.15) is 9.78 Å². The summed E-state index contributed by atoms with van der Waals surface area (Å²) in [4.78, 5) is 30.4. The van der Waals surface area contributed by atoms with E-state index >= 15 is 0 Å². The summed E-state index contributed by atoms with van der Waals surface area (Å²) in [5.41, 5.74) is 7.18. The van der Waals surface area contributed by atoms with Gasteiger partial charge in [0.05, 0.1) is 11.4 Å². The highest BCUT2D eigenvalue weighted by atomic mass is 19.1. The van der Waals surface area contributed by atoms with Crippen LogP contribution in [0.1, 0.15) is 30.3 Å². The summed E-state index contributed by atoms with van der Waals surface area (Å²) in [6, 6.07) is 5.84. The number of hydrogen-bond donors (Lipinski definition) is 2. The Morgan fingerprint density at radius 3 is 2.51 bits per heavy atom. The highest BCUT2D eigenvalue weighted by Gasteiger charge is 2.42. The zero-order chi connectivity index (χ0) is 28.8. The molecular weight excluding hydrogens is 530 g/mol. The van der Waals surface area contributed by atoms with Crippen LogP contribution < -0.4 is 16.6 Å². The lowest BCUT2D eigenvalue weighted by Crippen LogP contribution is -2.39. The van der Waals surface area contributed by atoms with Crippen LogP contribution in [0, 0.1) is 23.5 Å². The number of piperidine rings is 1. The first-order chi connectivity index (χ1) is 19.7. The fraction of sp³-hybridized carbons (Fsp3) is 0.414. The number of benzene rings is 1. The minimum Gasteiger partial charge on any atom is -0.370 e. The molecule has 2 fully saturated rings. The molecule has 1 amide bonds. The molecule has 1 aromatic heterocycles. The third kappa shape index (κ3) is 5.13. The lowest BCUT2D eigenvalue weighted by atomic mass is 9.93. The maximum atomic E-state index is 14.4. The summed E-state index contributed by atoms with van der Waals surface area (Å²) in [5.74, 6) is -2.45. The smallest absolute Gasteiger partial charge is 0.276 e. The SMILES string of the molecule is C[C@@H]1CN(C2=C(NC(=O)c3ccc(=O)n(-c4c(F)cccc4F)n3)C=CC3=N[N+](C4CCN(C)CC4)=CC32)C[C@@H]1N. The second-order valence-corrected chi connectivity index (χ2v) is 11.2. The minimum absolute atomic E-state index is 0.0157. The number of aromatic nitrogens is 2. The largest absolute Gasteiger partial charge is 0.370 e. The summed E-state index contributed by atoms with van der Waals surface area (Å²) < 4.78 is 31.5. The van der Waals surface area contributed by atoms with E-state index in [2.05, 4.69) is 45.1 Å². The molecule has 4 heterocycles. The summed E-state index contributed by atoms with van der Waals surface area (Å²) in [7, 11) is 2.12. The number of rotatable bonds is 5. The molecule has 3 atom stereocenters. The topological polar surface area (TPSA) is 112 Å². The Morgan fingerprint density at radius 1 is 1.10 bits per heavy atom. The first-order valence-electron chi connectivity index (χ1n) is 13.9. The van der Waals surface area contributed by atoms with Crippen molar-refractivity contribution < 1.29 is 18.3 Å². The second kappa shape index (κ2) is 10.7. The Bertz CT molecular complexity index is 1540. The average molecular weight is 564 g/mol. The first kappa shape index (κ1) is 27.2. The van der Waals surface area contributed by atoms with Crippen molar-refractivity contribution in [3.8, 4) is 5.69 Å². The van der Waals surface area contributed by atoms with Gasteiger partial charge in [0.25, 0.3) is 11.5 Å². The van der Waals surface area contributed by atoms with Gasteiger partial charge in [0, 0.05) is 51.1 Å². The fourth-order valence-electron chi connectivity index (χ4n) is 5.92. The molecule has 2 aromatic rings. The van der Waals surface area contributed by atoms with Crippen LogP contribution in [-0.4, -0.2) is 87.4 Å². The van der Waals surface area contributed by atoms with Gasteiger partial charge in [-0.3, -0.25) is 9.59 Å². The van der Waals surface area contributed by atoms with Crippen LogP contribution in [0.4, 0.5) is 8.78 Å². The fourth-order valence-corrected chi connectivity index (χ4v) is 5.92. The number of allylic oxidation sites excluding steroid dienone is 3. The third-order valence-electron chi connectivity index (χ3n) is 8.35. The van der Waals surface area contributed by atoms with Crippen molar-refractivity contribution >= 4 is 17.8 Å². The maximum Gasteiger partial charge on any atom is 0.276 e. The molecule has 1 aromatic carbocycles. The van der Waals surface area contributed by atoms with E-state index in [1.165, 1.54) is 12.1 Å². The van der Waals surface area contributed by atoms with Gasteiger partial charge in [0.2, 0.25) is 0 Å². The Labute approximate surface area is 236 Å². The molecular formula is C29H33F2N8O2+. The standard InChI is InChI=1S/C29H32F2N8O2/c1-17-14-37(16-22(17)32)27-19-15-38(18-10-12-36(2)13-11-18)34-23(19)6-7-24(27)33-29(41)25-8-9-26(40)39(35-25)28-20(30)4-3-5-21(28)31/h3-9,15,17-19,22H,10-14,16,32H2,1-2H3/p+1/t17-,19?,22+/m1/s1. The monoisotopic (exact) mass is 563 g/mol. The number of nitrogens with one attached hydrogen (secondary N) is 1. The van der Waals surface area contributed by atoms with Gasteiger partial charge in [-0.15, -0.1) is 0 Å². The van der Waals surface area contributed by atoms with Crippen LogP contribution in [-0.2, 0) is 0 Å². The van der Waals surface area contributed by atoms with Crippen LogP contribution in [0.25, 0.3) is 5.69 Å². The quantitative estimate of drug-likeness (QED) is 0.533. The minimum atomic E-state index is -0.963. The number of amides is 1. The molecule has 0 bridgehead atoms. The molecule has 0 radical (unpaired) electrons. The number of hydrazone groups is 1. The van der Waals surface area contributed by atoms with Crippen molar-refractivity contribution in [3.05, 3.63) is 81.6 Å². The molecule has 3 N–H and O–H groups in total. The molecule has 1 aliphatic carbocycles. The molecule has 4 aliphatic rings. The number of nitrogens with two attached hydrogens (primary N) is 1. The molecule has 41 heavy (non-hydrogen) atoms. The van der Waals surface area contributed by atoms with Crippen molar-refractivity contribution in [2.75, 3.05) is 33.2 Å². The van der Waals surface area contributed by atoms with Gasteiger partial charge in [0.1, 0.15) is 23.0 Å². The number of fused-ring (bicyclic) bond motifs is 1. The number of likely N-dealkylation sites (tertiary alicyclic amines) is 2. The van der Waals surface area contributed by atoms with Crippen molar-refractivity contribution in [2.24, 2.45) is 22.7 Å². The van der Waals surface area contributed by atoms with Gasteiger partial charge in [-0.05, 0) is 48.4 Å². The summed E-state index contributed by atoms with van der Waals surface area (Å²) in [6.45, 7) is 5.48. The van der Waals surface area contributed by atoms with E-state index < -0.39 is 28.8 Å². The molecule has 1 unspecified atom stereocenters. The average Bonchev–Trinajstić information content (AvgIpc) is 3.52. The van der Waals surface area contributed by atoms with Crippen LogP contribution in [0.3, 0.4) is 0 Å². The molecule has 0 saturated carbocycles. The van der Waals surface area contributed by atoms with Crippen LogP contribution in [0.15, 0.2) is 63.8 Å². The molecule has 2 saturated heterocycles. The number of carbonyl (C=O) groups is 1. The van der Waals surface area contributed by atoms with Crippen LogP contribution >= 0.6 is 0 Å². The number of nitrogens with zero attached hydrogens (tertiary/aromatic N) is 6. The summed E-state index contributed by atoms with van der Waals surface area (Å²) in [5, 5.41) is 11.9. The molecule has 0 spiro atoms. The second-order valence-electron chi connectivity index (χ2n) is 11.2. The molecule has 214 valence electrons. The van der Waals surface area contributed by atoms with Gasteiger partial charge < -0.3 is 20.9 Å². The van der Waals surface area contributed by atoms with Crippen LogP contribution in [0.2, 0.25) is 0 Å². The number of hydrogen-bond acceptors (Lipinski definition) is 7. The predicted octanol–water partition coefficient (Wildman–Crippen LogP) is 1.46. The number of halogens is 2. The van der Waals surface area contributed by atoms with Gasteiger partial charge in [-0.1, -0.05) is 17.7 Å². The van der Waals surface area contributed by atoms with E-state index in [0.717, 1.165) is 62.1 Å². The van der Waals surface area contributed by atoms with Crippen molar-refractivity contribution in [1.29, 1.82) is 0 Å². The number of carbonyl (C=O) groups excluding carboxylic acids is 1. The van der Waals surface area contributed by atoms with E-state index in [1.807, 2.05) is 12.2 Å². The van der Waals surface area contributed by atoms with Gasteiger partial charge in [0.15, 0.2) is 23.9 Å². The van der Waals surface area contributed by atoms with E-state index in [4.69, 9.17) is 10.8 Å². The molecule has 6 rings (SSSR count). The van der Waals surface area contributed by atoms with Crippen LogP contribution in [0.5, 0.6) is 0 Å². The van der Waals surface area contributed by atoms with E-state index in [9.17, 15) is 18.4 Å². The normalized spacial score (nSPS) is 24.9. The summed E-state index contributed by atoms with van der Waals surface area (Å²) >= 11 is 0. The molecule has 12 heteroatoms. The van der Waals surface area contributed by atoms with Gasteiger partial charge in [-0.25, -0.2) is 8.78 Å². The zero-order valence-corrected chi connectivity index (χ0v) is 23.0. The lowest BCUT2D eigenvalue weighted by Gasteiger charge is -2.29. The Balaban J connectivity index is 1.34. The van der Waals surface area contributed by atoms with Crippen molar-refractivity contribution in [3.63, 3.8) is 0 Å². The predicted molar refractivity (Wildman–Crippen MR) is 150 cm³/mol. The van der Waals surface area contributed by atoms with Gasteiger partial charge >= 0.3 is 0 Å².